The predicted molar refractivity (Wildman–Crippen MR) is 71.1 cm³/mol. The summed E-state index contributed by atoms with van der Waals surface area (Å²) in [4.78, 5) is 14.7. The van der Waals surface area contributed by atoms with Crippen LogP contribution in [0, 0.1) is 0 Å². The van der Waals surface area contributed by atoms with Crippen molar-refractivity contribution in [2.45, 2.75) is 43.3 Å². The molecule has 1 aromatic heterocycles. The number of Topliss-reactive ketones (excluding diaryl/α,β-unsaturated/α-hetero) is 1. The molecule has 1 saturated carbocycles. The fraction of sp³-hybridized carbons (Fsp3) is 0.538. The van der Waals surface area contributed by atoms with Crippen molar-refractivity contribution < 1.29 is 43.7 Å². The molecule has 140 valence electrons. The molecule has 2 rings (SSSR count). The zero-order valence-corrected chi connectivity index (χ0v) is 13.1. The number of carbonyl (C=O) groups excluding carboxylic acids is 1. The highest BCUT2D eigenvalue weighted by Gasteiger charge is 2.49. The van der Waals surface area contributed by atoms with Gasteiger partial charge in [-0.15, -0.1) is 0 Å². The molecule has 0 bridgehead atoms. The number of carbonyl (C=O) groups is 1. The highest BCUT2D eigenvalue weighted by Crippen LogP contribution is 2.37. The summed E-state index contributed by atoms with van der Waals surface area (Å²) in [7, 11) is -6.15. The van der Waals surface area contributed by atoms with Crippen LogP contribution in [-0.2, 0) is 21.1 Å². The molecule has 12 heteroatoms. The maximum absolute atomic E-state index is 12.9. The Morgan fingerprint density at radius 2 is 1.60 bits per heavy atom. The van der Waals surface area contributed by atoms with E-state index in [0.717, 1.165) is 0 Å². The lowest BCUT2D eigenvalue weighted by Gasteiger charge is -2.22. The second-order valence-electron chi connectivity index (χ2n) is 5.41. The molecule has 0 aliphatic heterocycles. The second kappa shape index (κ2) is 6.46. The van der Waals surface area contributed by atoms with E-state index >= 15 is 0 Å². The summed E-state index contributed by atoms with van der Waals surface area (Å²) in [5, 5.41) is 0. The van der Waals surface area contributed by atoms with E-state index in [1.807, 2.05) is 0 Å². The van der Waals surface area contributed by atoms with Crippen LogP contribution in [-0.4, -0.2) is 24.7 Å². The molecule has 0 N–H and O–H groups in total. The molecule has 0 aromatic carbocycles. The van der Waals surface area contributed by atoms with Gasteiger partial charge >= 0.3 is 21.8 Å². The Balaban J connectivity index is 2.43. The summed E-state index contributed by atoms with van der Waals surface area (Å²) in [5.74, 6) is -2.02. The van der Waals surface area contributed by atoms with E-state index in [1.54, 1.807) is 0 Å². The zero-order valence-electron chi connectivity index (χ0n) is 12.3. The van der Waals surface area contributed by atoms with Gasteiger partial charge in [0, 0.05) is 30.5 Å². The van der Waals surface area contributed by atoms with Gasteiger partial charge in [0.1, 0.15) is 5.78 Å². The van der Waals surface area contributed by atoms with Crippen LogP contribution in [0.2, 0.25) is 0 Å². The van der Waals surface area contributed by atoms with Gasteiger partial charge < -0.3 is 4.18 Å². The predicted octanol–water partition coefficient (Wildman–Crippen LogP) is 3.56. The molecular formula is C13H11F6NO4S. The summed E-state index contributed by atoms with van der Waals surface area (Å²) >= 11 is 0. The standard InChI is InChI=1S/C13H11F6NO4S/c14-12(15,16)8-5-10(7-1-3-9(21)4-2-7)20-11(6-8)24-25(22,23)13(17,18)19/h5-7H,1-4H2. The van der Waals surface area contributed by atoms with Crippen LogP contribution in [0.5, 0.6) is 5.88 Å². The monoisotopic (exact) mass is 391 g/mol. The largest absolute Gasteiger partial charge is 0.534 e. The molecule has 1 aliphatic rings. The minimum Gasteiger partial charge on any atom is -0.355 e. The van der Waals surface area contributed by atoms with Gasteiger partial charge in [-0.25, -0.2) is 4.98 Å². The zero-order chi connectivity index (χ0) is 19.0. The van der Waals surface area contributed by atoms with Gasteiger partial charge in [-0.05, 0) is 18.9 Å². The van der Waals surface area contributed by atoms with E-state index in [9.17, 15) is 39.6 Å². The third-order valence-electron chi connectivity index (χ3n) is 3.59. The minimum atomic E-state index is -6.15. The normalized spacial score (nSPS) is 17.6. The van der Waals surface area contributed by atoms with Gasteiger partial charge in [0.15, 0.2) is 0 Å². The number of rotatable bonds is 3. The van der Waals surface area contributed by atoms with Crippen LogP contribution < -0.4 is 4.18 Å². The molecular weight excluding hydrogens is 380 g/mol. The first-order valence-corrected chi connectivity index (χ1v) is 8.32. The summed E-state index contributed by atoms with van der Waals surface area (Å²) in [6, 6.07) is 0.703. The van der Waals surface area contributed by atoms with Crippen molar-refractivity contribution in [3.63, 3.8) is 0 Å². The molecule has 0 unspecified atom stereocenters. The fourth-order valence-corrected chi connectivity index (χ4v) is 2.74. The number of pyridine rings is 1. The minimum absolute atomic E-state index is 0.0839. The molecule has 1 heterocycles. The number of hydrogen-bond donors (Lipinski definition) is 0. The lowest BCUT2D eigenvalue weighted by molar-refractivity contribution is -0.137. The summed E-state index contributed by atoms with van der Waals surface area (Å²) < 4.78 is 102. The number of halogens is 6. The van der Waals surface area contributed by atoms with Crippen LogP contribution in [0.1, 0.15) is 42.9 Å². The second-order valence-corrected chi connectivity index (χ2v) is 6.95. The quantitative estimate of drug-likeness (QED) is 0.448. The number of ketones is 1. The van der Waals surface area contributed by atoms with Gasteiger partial charge in [0.05, 0.1) is 5.56 Å². The first-order valence-electron chi connectivity index (χ1n) is 6.91. The summed E-state index contributed by atoms with van der Waals surface area (Å²) in [6.07, 6.45) is -4.42. The van der Waals surface area contributed by atoms with E-state index in [1.165, 1.54) is 0 Å². The first kappa shape index (κ1) is 19.5. The van der Waals surface area contributed by atoms with Gasteiger partial charge in [0.25, 0.3) is 0 Å². The lowest BCUT2D eigenvalue weighted by atomic mass is 9.85. The molecule has 0 saturated heterocycles. The maximum Gasteiger partial charge on any atom is 0.534 e. The van der Waals surface area contributed by atoms with E-state index in [0.29, 0.717) is 6.07 Å². The third-order valence-corrected chi connectivity index (χ3v) is 4.55. The lowest BCUT2D eigenvalue weighted by Crippen LogP contribution is -2.28. The van der Waals surface area contributed by atoms with Crippen LogP contribution in [0.4, 0.5) is 26.3 Å². The van der Waals surface area contributed by atoms with Crippen molar-refractivity contribution in [1.29, 1.82) is 0 Å². The van der Waals surface area contributed by atoms with Gasteiger partial charge in [-0.2, -0.15) is 34.8 Å². The highest BCUT2D eigenvalue weighted by molar-refractivity contribution is 7.87. The van der Waals surface area contributed by atoms with Crippen LogP contribution in [0.25, 0.3) is 0 Å². The Labute approximate surface area is 138 Å². The Kier molecular flexibility index (Phi) is 5.04. The maximum atomic E-state index is 12.9. The van der Waals surface area contributed by atoms with Crippen molar-refractivity contribution in [2.75, 3.05) is 0 Å². The van der Waals surface area contributed by atoms with Crippen LogP contribution in [0.3, 0.4) is 0 Å². The van der Waals surface area contributed by atoms with Crippen LogP contribution >= 0.6 is 0 Å². The summed E-state index contributed by atoms with van der Waals surface area (Å²) in [5.41, 5.74) is -7.46. The van der Waals surface area contributed by atoms with E-state index < -0.39 is 39.2 Å². The van der Waals surface area contributed by atoms with E-state index in [2.05, 4.69) is 9.17 Å². The molecule has 5 nitrogen and oxygen atoms in total. The molecule has 0 amide bonds. The van der Waals surface area contributed by atoms with E-state index in [-0.39, 0.29) is 43.2 Å². The molecule has 0 spiro atoms. The topological polar surface area (TPSA) is 73.3 Å². The van der Waals surface area contributed by atoms with Crippen LogP contribution in [0.15, 0.2) is 12.1 Å². The Morgan fingerprint density at radius 1 is 1.04 bits per heavy atom. The van der Waals surface area contributed by atoms with Crippen molar-refractivity contribution in [3.8, 4) is 5.88 Å². The average molecular weight is 391 g/mol. The van der Waals surface area contributed by atoms with Crippen molar-refractivity contribution >= 4 is 15.9 Å². The Morgan fingerprint density at radius 3 is 2.08 bits per heavy atom. The Hall–Kier alpha value is -1.85. The molecule has 0 atom stereocenters. The van der Waals surface area contributed by atoms with Crippen molar-refractivity contribution in [2.24, 2.45) is 0 Å². The number of hydrogen-bond acceptors (Lipinski definition) is 5. The third kappa shape index (κ3) is 4.61. The van der Waals surface area contributed by atoms with Gasteiger partial charge in [0.2, 0.25) is 5.88 Å². The average Bonchev–Trinajstić information content (AvgIpc) is 2.45. The van der Waals surface area contributed by atoms with Crippen molar-refractivity contribution in [3.05, 3.63) is 23.4 Å². The molecule has 0 radical (unpaired) electrons. The number of aromatic nitrogens is 1. The molecule has 1 aromatic rings. The molecule has 1 aliphatic carbocycles. The Bertz CT molecular complexity index is 762. The fourth-order valence-electron chi connectivity index (χ4n) is 2.34. The number of nitrogens with zero attached hydrogens (tertiary/aromatic N) is 1. The first-order chi connectivity index (χ1) is 11.3. The molecule has 25 heavy (non-hydrogen) atoms. The smallest absolute Gasteiger partial charge is 0.355 e. The highest BCUT2D eigenvalue weighted by atomic mass is 32.2. The number of alkyl halides is 6. The molecule has 1 fully saturated rings. The SMILES string of the molecule is O=C1CCC(c2cc(C(F)(F)F)cc(OS(=O)(=O)C(F)(F)F)n2)CC1. The van der Waals surface area contributed by atoms with Crippen molar-refractivity contribution in [1.82, 2.24) is 4.98 Å². The van der Waals surface area contributed by atoms with Gasteiger partial charge in [-0.1, -0.05) is 0 Å². The van der Waals surface area contributed by atoms with E-state index in [4.69, 9.17) is 0 Å². The summed E-state index contributed by atoms with van der Waals surface area (Å²) in [6.45, 7) is 0. The van der Waals surface area contributed by atoms with Gasteiger partial charge in [-0.3, -0.25) is 4.79 Å².